The molecule has 1 heterocycles. The van der Waals surface area contributed by atoms with Crippen LogP contribution in [0, 0.1) is 6.92 Å². The zero-order valence-electron chi connectivity index (χ0n) is 13.6. The van der Waals surface area contributed by atoms with Crippen molar-refractivity contribution < 1.29 is 4.79 Å². The van der Waals surface area contributed by atoms with Crippen molar-refractivity contribution in [1.82, 2.24) is 10.3 Å². The van der Waals surface area contributed by atoms with E-state index in [1.54, 1.807) is 12.4 Å². The quantitative estimate of drug-likeness (QED) is 0.879. The van der Waals surface area contributed by atoms with Gasteiger partial charge in [-0.05, 0) is 48.6 Å². The molecule has 1 atom stereocenters. The Morgan fingerprint density at radius 2 is 1.77 bits per heavy atom. The first-order valence-corrected chi connectivity index (χ1v) is 7.56. The fraction of sp³-hybridized carbons (Fsp3) is 0.333. The summed E-state index contributed by atoms with van der Waals surface area (Å²) in [5.74, 6) is 0.354. The zero-order chi connectivity index (χ0) is 16.1. The van der Waals surface area contributed by atoms with Crippen LogP contribution < -0.4 is 10.6 Å². The van der Waals surface area contributed by atoms with Gasteiger partial charge in [0.2, 0.25) is 0 Å². The number of amides is 2. The van der Waals surface area contributed by atoms with Crippen molar-refractivity contribution in [3.05, 3.63) is 59.4 Å². The lowest BCUT2D eigenvalue weighted by Crippen LogP contribution is -2.31. The molecular formula is C18H23N3O. The zero-order valence-corrected chi connectivity index (χ0v) is 13.6. The van der Waals surface area contributed by atoms with E-state index in [-0.39, 0.29) is 12.1 Å². The Kier molecular flexibility index (Phi) is 5.15. The van der Waals surface area contributed by atoms with Crippen molar-refractivity contribution in [3.63, 3.8) is 0 Å². The summed E-state index contributed by atoms with van der Waals surface area (Å²) in [6.45, 7) is 8.21. The van der Waals surface area contributed by atoms with Crippen LogP contribution in [0.5, 0.6) is 0 Å². The predicted octanol–water partition coefficient (Wildman–Crippen LogP) is 4.40. The lowest BCUT2D eigenvalue weighted by Gasteiger charge is -2.19. The Labute approximate surface area is 132 Å². The van der Waals surface area contributed by atoms with Crippen molar-refractivity contribution in [2.24, 2.45) is 0 Å². The van der Waals surface area contributed by atoms with Gasteiger partial charge in [-0.1, -0.05) is 32.0 Å². The fourth-order valence-electron chi connectivity index (χ4n) is 2.42. The number of nitrogens with zero attached hydrogens (tertiary/aromatic N) is 1. The van der Waals surface area contributed by atoms with Gasteiger partial charge < -0.3 is 10.6 Å². The third-order valence-corrected chi connectivity index (χ3v) is 3.72. The number of para-hydroxylation sites is 1. The standard InChI is InChI=1S/C18H23N3O/c1-12(2)16-7-5-6-13(3)17(16)21-18(22)20-14(4)15-8-10-19-11-9-15/h5-12,14H,1-4H3,(H2,20,21,22). The minimum Gasteiger partial charge on any atom is -0.331 e. The van der Waals surface area contributed by atoms with Gasteiger partial charge >= 0.3 is 6.03 Å². The third-order valence-electron chi connectivity index (χ3n) is 3.72. The van der Waals surface area contributed by atoms with Crippen LogP contribution in [-0.2, 0) is 0 Å². The van der Waals surface area contributed by atoms with Crippen molar-refractivity contribution in [2.75, 3.05) is 5.32 Å². The monoisotopic (exact) mass is 297 g/mol. The first-order chi connectivity index (χ1) is 10.5. The second kappa shape index (κ2) is 7.07. The minimum absolute atomic E-state index is 0.0745. The first kappa shape index (κ1) is 16.0. The number of hydrogen-bond acceptors (Lipinski definition) is 2. The lowest BCUT2D eigenvalue weighted by atomic mass is 9.98. The van der Waals surface area contributed by atoms with Crippen molar-refractivity contribution in [3.8, 4) is 0 Å². The van der Waals surface area contributed by atoms with Gasteiger partial charge in [-0.3, -0.25) is 4.98 Å². The van der Waals surface area contributed by atoms with Gasteiger partial charge in [0, 0.05) is 18.1 Å². The number of aromatic nitrogens is 1. The number of benzene rings is 1. The Hall–Kier alpha value is -2.36. The highest BCUT2D eigenvalue weighted by Crippen LogP contribution is 2.27. The van der Waals surface area contributed by atoms with Crippen LogP contribution >= 0.6 is 0 Å². The Morgan fingerprint density at radius 3 is 2.41 bits per heavy atom. The van der Waals surface area contributed by atoms with Crippen LogP contribution in [-0.4, -0.2) is 11.0 Å². The normalized spacial score (nSPS) is 12.0. The number of pyridine rings is 1. The number of anilines is 1. The first-order valence-electron chi connectivity index (χ1n) is 7.56. The van der Waals surface area contributed by atoms with Crippen LogP contribution in [0.25, 0.3) is 0 Å². The van der Waals surface area contributed by atoms with E-state index in [0.717, 1.165) is 22.4 Å². The molecule has 0 fully saturated rings. The highest BCUT2D eigenvalue weighted by atomic mass is 16.2. The predicted molar refractivity (Wildman–Crippen MR) is 90.1 cm³/mol. The molecule has 4 heteroatoms. The molecule has 1 aromatic heterocycles. The average Bonchev–Trinajstić information content (AvgIpc) is 2.49. The molecule has 2 aromatic rings. The van der Waals surface area contributed by atoms with Crippen LogP contribution in [0.3, 0.4) is 0 Å². The number of hydrogen-bond donors (Lipinski definition) is 2. The Bertz CT molecular complexity index is 638. The molecule has 0 aliphatic carbocycles. The summed E-state index contributed by atoms with van der Waals surface area (Å²) >= 11 is 0. The number of carbonyl (C=O) groups excluding carboxylic acids is 1. The van der Waals surface area contributed by atoms with E-state index in [1.807, 2.05) is 38.1 Å². The average molecular weight is 297 g/mol. The van der Waals surface area contributed by atoms with Gasteiger partial charge in [-0.25, -0.2) is 4.79 Å². The van der Waals surface area contributed by atoms with E-state index in [4.69, 9.17) is 0 Å². The van der Waals surface area contributed by atoms with Gasteiger partial charge in [0.05, 0.1) is 6.04 Å². The van der Waals surface area contributed by atoms with Gasteiger partial charge in [0.1, 0.15) is 0 Å². The number of urea groups is 1. The van der Waals surface area contributed by atoms with Gasteiger partial charge in [0.15, 0.2) is 0 Å². The SMILES string of the molecule is Cc1cccc(C(C)C)c1NC(=O)NC(C)c1ccncc1. The van der Waals surface area contributed by atoms with Crippen LogP contribution in [0.4, 0.5) is 10.5 Å². The molecule has 0 radical (unpaired) electrons. The minimum atomic E-state index is -0.194. The molecule has 116 valence electrons. The Morgan fingerprint density at radius 1 is 1.09 bits per heavy atom. The molecule has 0 aliphatic rings. The molecule has 2 N–H and O–H groups in total. The summed E-state index contributed by atoms with van der Waals surface area (Å²) in [6.07, 6.45) is 3.45. The number of rotatable bonds is 4. The molecule has 1 unspecified atom stereocenters. The maximum absolute atomic E-state index is 12.3. The van der Waals surface area contributed by atoms with E-state index in [0.29, 0.717) is 5.92 Å². The molecule has 2 amide bonds. The molecule has 0 bridgehead atoms. The van der Waals surface area contributed by atoms with Crippen LogP contribution in [0.2, 0.25) is 0 Å². The topological polar surface area (TPSA) is 54.0 Å². The number of nitrogens with one attached hydrogen (secondary N) is 2. The van der Waals surface area contributed by atoms with E-state index in [9.17, 15) is 4.79 Å². The summed E-state index contributed by atoms with van der Waals surface area (Å²) in [7, 11) is 0. The summed E-state index contributed by atoms with van der Waals surface area (Å²) in [5.41, 5.74) is 4.14. The smallest absolute Gasteiger partial charge is 0.319 e. The maximum atomic E-state index is 12.3. The van der Waals surface area contributed by atoms with Gasteiger partial charge in [-0.15, -0.1) is 0 Å². The van der Waals surface area contributed by atoms with E-state index in [2.05, 4.69) is 35.5 Å². The van der Waals surface area contributed by atoms with Crippen LogP contribution in [0.1, 0.15) is 49.4 Å². The molecule has 1 aromatic carbocycles. The molecule has 0 aliphatic heterocycles. The summed E-state index contributed by atoms with van der Waals surface area (Å²) < 4.78 is 0. The van der Waals surface area contributed by atoms with Crippen molar-refractivity contribution >= 4 is 11.7 Å². The fourth-order valence-corrected chi connectivity index (χ4v) is 2.42. The molecule has 2 rings (SSSR count). The summed E-state index contributed by atoms with van der Waals surface area (Å²) in [5, 5.41) is 5.96. The largest absolute Gasteiger partial charge is 0.331 e. The summed E-state index contributed by atoms with van der Waals surface area (Å²) in [6, 6.07) is 9.62. The maximum Gasteiger partial charge on any atom is 0.319 e. The summed E-state index contributed by atoms with van der Waals surface area (Å²) in [4.78, 5) is 16.3. The van der Waals surface area contributed by atoms with E-state index < -0.39 is 0 Å². The highest BCUT2D eigenvalue weighted by molar-refractivity contribution is 5.91. The molecule has 22 heavy (non-hydrogen) atoms. The molecular weight excluding hydrogens is 274 g/mol. The van der Waals surface area contributed by atoms with Crippen molar-refractivity contribution in [2.45, 2.75) is 39.7 Å². The molecule has 0 saturated carbocycles. The second-order valence-electron chi connectivity index (χ2n) is 5.79. The Balaban J connectivity index is 2.10. The molecule has 0 saturated heterocycles. The van der Waals surface area contributed by atoms with Gasteiger partial charge in [-0.2, -0.15) is 0 Å². The molecule has 4 nitrogen and oxygen atoms in total. The molecule has 0 spiro atoms. The van der Waals surface area contributed by atoms with E-state index in [1.165, 1.54) is 0 Å². The number of carbonyl (C=O) groups is 1. The number of aryl methyl sites for hydroxylation is 1. The highest BCUT2D eigenvalue weighted by Gasteiger charge is 2.14. The van der Waals surface area contributed by atoms with Gasteiger partial charge in [0.25, 0.3) is 0 Å². The lowest BCUT2D eigenvalue weighted by molar-refractivity contribution is 0.249. The van der Waals surface area contributed by atoms with Crippen molar-refractivity contribution in [1.29, 1.82) is 0 Å². The van der Waals surface area contributed by atoms with E-state index >= 15 is 0 Å². The van der Waals surface area contributed by atoms with Crippen LogP contribution in [0.15, 0.2) is 42.7 Å². The second-order valence-corrected chi connectivity index (χ2v) is 5.79. The third kappa shape index (κ3) is 3.85.